The van der Waals surface area contributed by atoms with Gasteiger partial charge in [-0.3, -0.25) is 0 Å². The highest BCUT2D eigenvalue weighted by atomic mass is 19.4. The van der Waals surface area contributed by atoms with Crippen LogP contribution in [0.4, 0.5) is 24.8 Å². The van der Waals surface area contributed by atoms with Crippen molar-refractivity contribution < 1.29 is 17.9 Å². The zero-order valence-corrected chi connectivity index (χ0v) is 16.3. The van der Waals surface area contributed by atoms with Crippen molar-refractivity contribution >= 4 is 11.6 Å². The summed E-state index contributed by atoms with van der Waals surface area (Å²) in [5, 5.41) is 0. The number of hydrogen-bond acceptors (Lipinski definition) is 4. The SMILES string of the molecule is CCCc1cccc(N(CC)c2ncc(C(F)(F)F)c(OC3CCCC3)n2)c1. The first kappa shape index (κ1) is 20.4. The molecule has 0 unspecified atom stereocenters. The predicted octanol–water partition coefficient (Wildman–Crippen LogP) is 5.93. The molecule has 1 aliphatic rings. The Balaban J connectivity index is 1.96. The van der Waals surface area contributed by atoms with Gasteiger partial charge in [0.2, 0.25) is 11.8 Å². The van der Waals surface area contributed by atoms with Crippen molar-refractivity contribution in [2.75, 3.05) is 11.4 Å². The van der Waals surface area contributed by atoms with E-state index in [0.717, 1.165) is 50.4 Å². The lowest BCUT2D eigenvalue weighted by atomic mass is 10.1. The lowest BCUT2D eigenvalue weighted by Gasteiger charge is -2.24. The van der Waals surface area contributed by atoms with Gasteiger partial charge in [0.25, 0.3) is 0 Å². The van der Waals surface area contributed by atoms with E-state index in [1.807, 2.05) is 31.2 Å². The lowest BCUT2D eigenvalue weighted by molar-refractivity contribution is -0.139. The molecule has 0 amide bonds. The Morgan fingerprint density at radius 1 is 1.18 bits per heavy atom. The quantitative estimate of drug-likeness (QED) is 0.585. The monoisotopic (exact) mass is 393 g/mol. The number of rotatable bonds is 7. The molecular weight excluding hydrogens is 367 g/mol. The van der Waals surface area contributed by atoms with Gasteiger partial charge in [0.15, 0.2) is 0 Å². The third kappa shape index (κ3) is 4.75. The number of hydrogen-bond donors (Lipinski definition) is 0. The van der Waals surface area contributed by atoms with Gasteiger partial charge in [-0.15, -0.1) is 0 Å². The minimum absolute atomic E-state index is 0.216. The Hall–Kier alpha value is -2.31. The maximum absolute atomic E-state index is 13.4. The van der Waals surface area contributed by atoms with Crippen LogP contribution in [0.1, 0.15) is 57.1 Å². The largest absolute Gasteiger partial charge is 0.474 e. The van der Waals surface area contributed by atoms with Gasteiger partial charge < -0.3 is 9.64 Å². The maximum atomic E-state index is 13.4. The second-order valence-electron chi connectivity index (χ2n) is 7.08. The summed E-state index contributed by atoms with van der Waals surface area (Å²) in [4.78, 5) is 10.0. The molecule has 0 N–H and O–H groups in total. The molecule has 152 valence electrons. The number of benzene rings is 1. The van der Waals surface area contributed by atoms with Gasteiger partial charge in [-0.05, 0) is 56.7 Å². The Bertz CT molecular complexity index is 789. The van der Waals surface area contributed by atoms with Gasteiger partial charge in [-0.25, -0.2) is 4.98 Å². The Kier molecular flexibility index (Phi) is 6.42. The van der Waals surface area contributed by atoms with Crippen LogP contribution in [-0.4, -0.2) is 22.6 Å². The van der Waals surface area contributed by atoms with Gasteiger partial charge in [0.05, 0.1) is 0 Å². The number of aromatic nitrogens is 2. The fourth-order valence-electron chi connectivity index (χ4n) is 3.54. The predicted molar refractivity (Wildman–Crippen MR) is 103 cm³/mol. The van der Waals surface area contributed by atoms with E-state index >= 15 is 0 Å². The number of ether oxygens (including phenoxy) is 1. The first-order valence-electron chi connectivity index (χ1n) is 9.89. The van der Waals surface area contributed by atoms with Crippen molar-refractivity contribution in [2.45, 2.75) is 64.7 Å². The highest BCUT2D eigenvalue weighted by molar-refractivity contribution is 5.58. The first-order chi connectivity index (χ1) is 13.4. The van der Waals surface area contributed by atoms with Crippen LogP contribution in [0.15, 0.2) is 30.5 Å². The van der Waals surface area contributed by atoms with Crippen molar-refractivity contribution in [3.8, 4) is 5.88 Å². The highest BCUT2D eigenvalue weighted by Crippen LogP contribution is 2.38. The molecule has 2 aromatic rings. The van der Waals surface area contributed by atoms with E-state index in [4.69, 9.17) is 4.74 Å². The fraction of sp³-hybridized carbons (Fsp3) is 0.524. The summed E-state index contributed by atoms with van der Waals surface area (Å²) in [6, 6.07) is 7.94. The van der Waals surface area contributed by atoms with Crippen LogP contribution in [-0.2, 0) is 12.6 Å². The number of anilines is 2. The van der Waals surface area contributed by atoms with Crippen LogP contribution in [0, 0.1) is 0 Å². The van der Waals surface area contributed by atoms with Gasteiger partial charge in [0.1, 0.15) is 11.7 Å². The molecule has 3 rings (SSSR count). The molecule has 0 saturated heterocycles. The van der Waals surface area contributed by atoms with Crippen LogP contribution in [0.5, 0.6) is 5.88 Å². The molecule has 1 aromatic carbocycles. The average Bonchev–Trinajstić information content (AvgIpc) is 3.15. The van der Waals surface area contributed by atoms with E-state index in [2.05, 4.69) is 16.9 Å². The number of halogens is 3. The topological polar surface area (TPSA) is 38.2 Å². The normalized spacial score (nSPS) is 15.0. The second-order valence-corrected chi connectivity index (χ2v) is 7.08. The van der Waals surface area contributed by atoms with E-state index in [9.17, 15) is 13.2 Å². The Morgan fingerprint density at radius 2 is 1.93 bits per heavy atom. The number of nitrogens with zero attached hydrogens (tertiary/aromatic N) is 3. The third-order valence-corrected chi connectivity index (χ3v) is 4.95. The highest BCUT2D eigenvalue weighted by Gasteiger charge is 2.37. The van der Waals surface area contributed by atoms with E-state index < -0.39 is 11.7 Å². The van der Waals surface area contributed by atoms with Crippen molar-refractivity contribution in [1.82, 2.24) is 9.97 Å². The molecule has 1 aliphatic carbocycles. The minimum Gasteiger partial charge on any atom is -0.474 e. The summed E-state index contributed by atoms with van der Waals surface area (Å²) >= 11 is 0. The standard InChI is InChI=1S/C21H26F3N3O/c1-3-8-15-9-7-10-16(13-15)27(4-2)20-25-14-18(21(22,23)24)19(26-20)28-17-11-5-6-12-17/h7,9-10,13-14,17H,3-6,8,11-12H2,1-2H3. The second kappa shape index (κ2) is 8.80. The molecule has 1 saturated carbocycles. The molecule has 28 heavy (non-hydrogen) atoms. The summed E-state index contributed by atoms with van der Waals surface area (Å²) in [5.41, 5.74) is 1.12. The zero-order chi connectivity index (χ0) is 20.1. The minimum atomic E-state index is -4.55. The van der Waals surface area contributed by atoms with Crippen LogP contribution < -0.4 is 9.64 Å². The van der Waals surface area contributed by atoms with Crippen molar-refractivity contribution in [1.29, 1.82) is 0 Å². The van der Waals surface area contributed by atoms with Crippen LogP contribution in [0.2, 0.25) is 0 Å². The van der Waals surface area contributed by atoms with Crippen molar-refractivity contribution in [2.24, 2.45) is 0 Å². The van der Waals surface area contributed by atoms with Crippen LogP contribution >= 0.6 is 0 Å². The molecule has 7 heteroatoms. The van der Waals surface area contributed by atoms with Crippen molar-refractivity contribution in [3.05, 3.63) is 41.6 Å². The molecule has 4 nitrogen and oxygen atoms in total. The smallest absolute Gasteiger partial charge is 0.423 e. The van der Waals surface area contributed by atoms with Gasteiger partial charge in [-0.2, -0.15) is 18.2 Å². The first-order valence-corrected chi connectivity index (χ1v) is 9.89. The molecule has 1 aromatic heterocycles. The molecule has 0 spiro atoms. The maximum Gasteiger partial charge on any atom is 0.423 e. The van der Waals surface area contributed by atoms with Crippen LogP contribution in [0.25, 0.3) is 0 Å². The average molecular weight is 393 g/mol. The third-order valence-electron chi connectivity index (χ3n) is 4.95. The molecule has 0 atom stereocenters. The molecular formula is C21H26F3N3O. The Labute approximate surface area is 163 Å². The summed E-state index contributed by atoms with van der Waals surface area (Å²) in [7, 11) is 0. The van der Waals surface area contributed by atoms with Gasteiger partial charge in [0, 0.05) is 18.4 Å². The van der Waals surface area contributed by atoms with Gasteiger partial charge >= 0.3 is 6.18 Å². The summed E-state index contributed by atoms with van der Waals surface area (Å²) in [6.45, 7) is 4.56. The van der Waals surface area contributed by atoms with E-state index in [0.29, 0.717) is 6.54 Å². The molecule has 0 bridgehead atoms. The number of aryl methyl sites for hydroxylation is 1. The molecule has 1 heterocycles. The van der Waals surface area contributed by atoms with Crippen molar-refractivity contribution in [3.63, 3.8) is 0 Å². The fourth-order valence-corrected chi connectivity index (χ4v) is 3.54. The number of alkyl halides is 3. The van der Waals surface area contributed by atoms with Gasteiger partial charge in [-0.1, -0.05) is 25.5 Å². The molecule has 0 aliphatic heterocycles. The summed E-state index contributed by atoms with van der Waals surface area (Å²) in [5.74, 6) is -0.148. The van der Waals surface area contributed by atoms with Crippen LogP contribution in [0.3, 0.4) is 0 Å². The lowest BCUT2D eigenvalue weighted by Crippen LogP contribution is -2.22. The summed E-state index contributed by atoms with van der Waals surface area (Å²) < 4.78 is 45.9. The molecule has 0 radical (unpaired) electrons. The Morgan fingerprint density at radius 3 is 2.57 bits per heavy atom. The van der Waals surface area contributed by atoms with E-state index in [1.54, 1.807) is 4.90 Å². The summed E-state index contributed by atoms with van der Waals surface area (Å²) in [6.07, 6.45) is 1.48. The van der Waals surface area contributed by atoms with E-state index in [-0.39, 0.29) is 17.9 Å². The molecule has 1 fully saturated rings. The zero-order valence-electron chi connectivity index (χ0n) is 16.3. The van der Waals surface area contributed by atoms with E-state index in [1.165, 1.54) is 5.56 Å².